The molecule has 2 rings (SSSR count). The molecular formula is C13H14N2O4S. The van der Waals surface area contributed by atoms with Crippen LogP contribution in [0.2, 0.25) is 0 Å². The van der Waals surface area contributed by atoms with Gasteiger partial charge in [-0.3, -0.25) is 4.55 Å². The van der Waals surface area contributed by atoms with Crippen LogP contribution in [0.1, 0.15) is 5.56 Å². The van der Waals surface area contributed by atoms with Gasteiger partial charge >= 0.3 is 10.3 Å². The number of hydrazine groups is 1. The zero-order valence-electron chi connectivity index (χ0n) is 10.5. The van der Waals surface area contributed by atoms with E-state index in [1.54, 1.807) is 29.1 Å². The van der Waals surface area contributed by atoms with Crippen LogP contribution >= 0.6 is 0 Å². The number of hydrogen-bond donors (Lipinski definition) is 3. The maximum atomic E-state index is 10.5. The van der Waals surface area contributed by atoms with Gasteiger partial charge in [0.25, 0.3) is 0 Å². The average Bonchev–Trinajstić information content (AvgIpc) is 2.44. The highest BCUT2D eigenvalue weighted by Gasteiger charge is 2.02. The fourth-order valence-electron chi connectivity index (χ4n) is 1.50. The van der Waals surface area contributed by atoms with E-state index in [9.17, 15) is 8.42 Å². The van der Waals surface area contributed by atoms with Gasteiger partial charge in [-0.1, -0.05) is 30.3 Å². The number of nitrogens with one attached hydrogen (secondary N) is 2. The van der Waals surface area contributed by atoms with Gasteiger partial charge in [0.15, 0.2) is 0 Å². The molecule has 0 saturated heterocycles. The van der Waals surface area contributed by atoms with Crippen molar-refractivity contribution in [1.29, 1.82) is 0 Å². The molecule has 20 heavy (non-hydrogen) atoms. The Morgan fingerprint density at radius 3 is 2.25 bits per heavy atom. The fraction of sp³-hybridized carbons (Fsp3) is 0.0769. The minimum atomic E-state index is -4.27. The summed E-state index contributed by atoms with van der Waals surface area (Å²) in [7, 11) is -4.27. The molecule has 0 aliphatic rings. The van der Waals surface area contributed by atoms with Crippen LogP contribution in [0.4, 0.5) is 5.69 Å². The summed E-state index contributed by atoms with van der Waals surface area (Å²) in [5.74, 6) is 0.659. The smallest absolute Gasteiger partial charge is 0.350 e. The third kappa shape index (κ3) is 4.88. The van der Waals surface area contributed by atoms with E-state index in [2.05, 4.69) is 5.43 Å². The first-order valence-electron chi connectivity index (χ1n) is 5.80. The van der Waals surface area contributed by atoms with Crippen LogP contribution in [0.15, 0.2) is 54.6 Å². The van der Waals surface area contributed by atoms with Crippen LogP contribution in [0.3, 0.4) is 0 Å². The van der Waals surface area contributed by atoms with Crippen molar-refractivity contribution in [3.05, 3.63) is 60.2 Å². The summed E-state index contributed by atoms with van der Waals surface area (Å²) in [6, 6.07) is 16.4. The molecule has 0 aliphatic heterocycles. The molecule has 6 nitrogen and oxygen atoms in total. The summed E-state index contributed by atoms with van der Waals surface area (Å²) in [5, 5.41) is 0. The molecule has 0 radical (unpaired) electrons. The summed E-state index contributed by atoms with van der Waals surface area (Å²) in [4.78, 5) is 1.75. The molecule has 3 N–H and O–H groups in total. The summed E-state index contributed by atoms with van der Waals surface area (Å²) in [5.41, 5.74) is 3.88. The molecule has 0 aromatic heterocycles. The molecule has 0 unspecified atom stereocenters. The van der Waals surface area contributed by atoms with Crippen molar-refractivity contribution in [1.82, 2.24) is 4.83 Å². The lowest BCUT2D eigenvalue weighted by Gasteiger charge is -2.08. The van der Waals surface area contributed by atoms with Gasteiger partial charge in [-0.25, -0.2) is 0 Å². The molecule has 0 amide bonds. The number of ether oxygens (including phenoxy) is 1. The second kappa shape index (κ2) is 6.38. The van der Waals surface area contributed by atoms with E-state index in [1.807, 2.05) is 30.3 Å². The number of anilines is 1. The lowest BCUT2D eigenvalue weighted by molar-refractivity contribution is 0.306. The monoisotopic (exact) mass is 294 g/mol. The van der Waals surface area contributed by atoms with Gasteiger partial charge in [0, 0.05) is 0 Å². The van der Waals surface area contributed by atoms with E-state index in [4.69, 9.17) is 9.29 Å². The maximum absolute atomic E-state index is 10.5. The molecule has 7 heteroatoms. The first kappa shape index (κ1) is 14.3. The lowest BCUT2D eigenvalue weighted by atomic mass is 10.2. The standard InChI is InChI=1S/C13H14N2O4S/c16-20(17,18)15-14-12-6-8-13(9-7-12)19-10-11-4-2-1-3-5-11/h1-9,14-15H,10H2,(H,16,17,18). The number of hydrogen-bond acceptors (Lipinski definition) is 4. The largest absolute Gasteiger partial charge is 0.489 e. The van der Waals surface area contributed by atoms with Crippen LogP contribution in [0.5, 0.6) is 5.75 Å². The molecule has 0 saturated carbocycles. The molecule has 0 atom stereocenters. The Balaban J connectivity index is 1.88. The minimum absolute atomic E-state index is 0.455. The van der Waals surface area contributed by atoms with E-state index in [-0.39, 0.29) is 0 Å². The van der Waals surface area contributed by atoms with Gasteiger partial charge in [-0.05, 0) is 29.8 Å². The Kier molecular flexibility index (Phi) is 4.57. The van der Waals surface area contributed by atoms with E-state index >= 15 is 0 Å². The summed E-state index contributed by atoms with van der Waals surface area (Å²) in [6.07, 6.45) is 0. The molecule has 0 bridgehead atoms. The van der Waals surface area contributed by atoms with Gasteiger partial charge in [-0.15, -0.1) is 4.83 Å². The second-order valence-electron chi connectivity index (χ2n) is 4.00. The Hall–Kier alpha value is -2.09. The van der Waals surface area contributed by atoms with E-state index < -0.39 is 10.3 Å². The molecule has 0 spiro atoms. The van der Waals surface area contributed by atoms with Crippen molar-refractivity contribution >= 4 is 16.0 Å². The van der Waals surface area contributed by atoms with E-state index in [0.29, 0.717) is 18.0 Å². The van der Waals surface area contributed by atoms with Gasteiger partial charge in [-0.2, -0.15) is 8.42 Å². The van der Waals surface area contributed by atoms with Crippen LogP contribution in [0.25, 0.3) is 0 Å². The van der Waals surface area contributed by atoms with Crippen molar-refractivity contribution in [3.8, 4) is 5.75 Å². The normalized spacial score (nSPS) is 11.1. The van der Waals surface area contributed by atoms with Gasteiger partial charge in [0.2, 0.25) is 0 Å². The van der Waals surface area contributed by atoms with Crippen LogP contribution in [-0.2, 0) is 16.9 Å². The highest BCUT2D eigenvalue weighted by atomic mass is 32.2. The van der Waals surface area contributed by atoms with Crippen molar-refractivity contribution in [2.45, 2.75) is 6.61 Å². The Morgan fingerprint density at radius 2 is 1.65 bits per heavy atom. The van der Waals surface area contributed by atoms with Crippen molar-refractivity contribution in [2.75, 3.05) is 5.43 Å². The van der Waals surface area contributed by atoms with Crippen LogP contribution in [-0.4, -0.2) is 13.0 Å². The Labute approximate surface area is 117 Å². The van der Waals surface area contributed by atoms with Crippen molar-refractivity contribution in [2.24, 2.45) is 0 Å². The molecule has 0 fully saturated rings. The molecule has 106 valence electrons. The predicted octanol–water partition coefficient (Wildman–Crippen LogP) is 1.98. The SMILES string of the molecule is O=S(=O)(O)NNc1ccc(OCc2ccccc2)cc1. The third-order valence-electron chi connectivity index (χ3n) is 2.43. The molecule has 0 heterocycles. The Morgan fingerprint density at radius 1 is 1.00 bits per heavy atom. The number of rotatable bonds is 6. The summed E-state index contributed by atoms with van der Waals surface area (Å²) in [6.45, 7) is 0.455. The molecule has 0 aliphatic carbocycles. The van der Waals surface area contributed by atoms with Crippen molar-refractivity contribution < 1.29 is 17.7 Å². The lowest BCUT2D eigenvalue weighted by Crippen LogP contribution is -2.28. The van der Waals surface area contributed by atoms with Gasteiger partial charge < -0.3 is 10.2 Å². The van der Waals surface area contributed by atoms with Gasteiger partial charge in [0.1, 0.15) is 12.4 Å². The quantitative estimate of drug-likeness (QED) is 0.560. The topological polar surface area (TPSA) is 87.7 Å². The molecule has 2 aromatic rings. The second-order valence-corrected chi connectivity index (χ2v) is 5.16. The fourth-order valence-corrected chi connectivity index (χ4v) is 1.75. The van der Waals surface area contributed by atoms with Crippen LogP contribution < -0.4 is 15.0 Å². The average molecular weight is 294 g/mol. The third-order valence-corrected chi connectivity index (χ3v) is 2.79. The minimum Gasteiger partial charge on any atom is -0.489 e. The zero-order chi connectivity index (χ0) is 14.4. The van der Waals surface area contributed by atoms with E-state index in [0.717, 1.165) is 5.56 Å². The van der Waals surface area contributed by atoms with Crippen molar-refractivity contribution in [3.63, 3.8) is 0 Å². The predicted molar refractivity (Wildman–Crippen MR) is 75.5 cm³/mol. The Bertz CT molecular complexity index is 642. The zero-order valence-corrected chi connectivity index (χ0v) is 11.3. The van der Waals surface area contributed by atoms with E-state index in [1.165, 1.54) is 0 Å². The summed E-state index contributed by atoms with van der Waals surface area (Å²) >= 11 is 0. The van der Waals surface area contributed by atoms with Gasteiger partial charge in [0.05, 0.1) is 5.69 Å². The van der Waals surface area contributed by atoms with Crippen LogP contribution in [0, 0.1) is 0 Å². The first-order chi connectivity index (χ1) is 9.53. The highest BCUT2D eigenvalue weighted by molar-refractivity contribution is 7.83. The first-order valence-corrected chi connectivity index (χ1v) is 7.24. The highest BCUT2D eigenvalue weighted by Crippen LogP contribution is 2.16. The number of benzene rings is 2. The summed E-state index contributed by atoms with van der Waals surface area (Å²) < 4.78 is 35.1. The maximum Gasteiger partial charge on any atom is 0.350 e. The molecular weight excluding hydrogens is 280 g/mol. The molecule has 2 aromatic carbocycles.